The summed E-state index contributed by atoms with van der Waals surface area (Å²) >= 11 is 0. The van der Waals surface area contributed by atoms with Gasteiger partial charge in [-0.25, -0.2) is 0 Å². The first-order valence-corrected chi connectivity index (χ1v) is 4.88. The summed E-state index contributed by atoms with van der Waals surface area (Å²) in [6.07, 6.45) is 0.410. The second-order valence-electron chi connectivity index (χ2n) is 3.71. The number of hydrogen-bond donors (Lipinski definition) is 2. The summed E-state index contributed by atoms with van der Waals surface area (Å²) in [7, 11) is 0. The van der Waals surface area contributed by atoms with Crippen molar-refractivity contribution in [2.75, 3.05) is 11.1 Å². The van der Waals surface area contributed by atoms with Crippen LogP contribution in [0.15, 0.2) is 28.8 Å². The normalized spacial score (nSPS) is 13.6. The average Bonchev–Trinajstić information content (AvgIpc) is 2.81. The first-order valence-electron chi connectivity index (χ1n) is 4.88. The Kier molecular flexibility index (Phi) is 1.73. The van der Waals surface area contributed by atoms with Gasteiger partial charge in [-0.2, -0.15) is 0 Å². The monoisotopic (exact) mass is 215 g/mol. The average molecular weight is 215 g/mol. The first-order chi connectivity index (χ1) is 7.72. The number of amides is 1. The smallest absolute Gasteiger partial charge is 0.228 e. The zero-order valence-electron chi connectivity index (χ0n) is 8.36. The molecule has 0 fully saturated rings. The minimum Gasteiger partial charge on any atom is -0.381 e. The van der Waals surface area contributed by atoms with Crippen molar-refractivity contribution in [3.8, 4) is 11.3 Å². The molecule has 1 aromatic heterocycles. The van der Waals surface area contributed by atoms with E-state index in [0.29, 0.717) is 18.0 Å². The highest BCUT2D eigenvalue weighted by Gasteiger charge is 2.18. The van der Waals surface area contributed by atoms with Crippen LogP contribution in [0.2, 0.25) is 0 Å². The summed E-state index contributed by atoms with van der Waals surface area (Å²) in [6, 6.07) is 7.29. The fraction of sp³-hybridized carbons (Fsp3) is 0.0909. The van der Waals surface area contributed by atoms with Gasteiger partial charge in [0.05, 0.1) is 6.42 Å². The Morgan fingerprint density at radius 2 is 2.25 bits per heavy atom. The lowest BCUT2D eigenvalue weighted by atomic mass is 10.1. The Morgan fingerprint density at radius 3 is 3.00 bits per heavy atom. The summed E-state index contributed by atoms with van der Waals surface area (Å²) in [5.41, 5.74) is 8.19. The van der Waals surface area contributed by atoms with Crippen molar-refractivity contribution < 1.29 is 9.32 Å². The Labute approximate surface area is 91.2 Å². The predicted molar refractivity (Wildman–Crippen MR) is 58.7 cm³/mol. The van der Waals surface area contributed by atoms with Gasteiger partial charge in [-0.15, -0.1) is 0 Å². The van der Waals surface area contributed by atoms with Crippen LogP contribution < -0.4 is 11.1 Å². The van der Waals surface area contributed by atoms with E-state index < -0.39 is 0 Å². The molecule has 0 aliphatic carbocycles. The molecular formula is C11H9N3O2. The molecule has 3 rings (SSSR count). The van der Waals surface area contributed by atoms with Gasteiger partial charge in [-0.05, 0) is 23.8 Å². The van der Waals surface area contributed by atoms with Gasteiger partial charge >= 0.3 is 0 Å². The zero-order chi connectivity index (χ0) is 11.1. The van der Waals surface area contributed by atoms with Gasteiger partial charge in [0, 0.05) is 17.3 Å². The summed E-state index contributed by atoms with van der Waals surface area (Å²) in [6.45, 7) is 0. The van der Waals surface area contributed by atoms with Crippen molar-refractivity contribution in [2.45, 2.75) is 6.42 Å². The van der Waals surface area contributed by atoms with Gasteiger partial charge < -0.3 is 15.6 Å². The molecule has 80 valence electrons. The van der Waals surface area contributed by atoms with Crippen LogP contribution >= 0.6 is 0 Å². The largest absolute Gasteiger partial charge is 0.381 e. The predicted octanol–water partition coefficient (Wildman–Crippen LogP) is 1.42. The molecule has 0 saturated heterocycles. The second-order valence-corrected chi connectivity index (χ2v) is 3.71. The fourth-order valence-corrected chi connectivity index (χ4v) is 1.81. The molecule has 1 aliphatic heterocycles. The van der Waals surface area contributed by atoms with Gasteiger partial charge in [0.15, 0.2) is 11.6 Å². The third kappa shape index (κ3) is 1.33. The maximum atomic E-state index is 11.2. The molecule has 0 radical (unpaired) electrons. The van der Waals surface area contributed by atoms with Gasteiger partial charge in [0.1, 0.15) is 0 Å². The van der Waals surface area contributed by atoms with Crippen LogP contribution in [0.5, 0.6) is 0 Å². The molecule has 5 heteroatoms. The molecule has 1 aromatic carbocycles. The van der Waals surface area contributed by atoms with E-state index in [1.807, 2.05) is 18.2 Å². The minimum atomic E-state index is 0.0178. The molecule has 1 aliphatic rings. The number of benzene rings is 1. The number of nitrogens with two attached hydrogens (primary N) is 1. The third-order valence-corrected chi connectivity index (χ3v) is 2.54. The number of rotatable bonds is 1. The fourth-order valence-electron chi connectivity index (χ4n) is 1.81. The summed E-state index contributed by atoms with van der Waals surface area (Å²) < 4.78 is 5.06. The lowest BCUT2D eigenvalue weighted by Gasteiger charge is -2.00. The van der Waals surface area contributed by atoms with Crippen molar-refractivity contribution in [1.82, 2.24) is 5.16 Å². The first kappa shape index (κ1) is 8.96. The number of hydrogen-bond acceptors (Lipinski definition) is 4. The number of carbonyl (C=O) groups excluding carboxylic acids is 1. The van der Waals surface area contributed by atoms with E-state index in [1.165, 1.54) is 0 Å². The summed E-state index contributed by atoms with van der Waals surface area (Å²) in [4.78, 5) is 11.2. The highest BCUT2D eigenvalue weighted by Crippen LogP contribution is 2.29. The minimum absolute atomic E-state index is 0.0178. The SMILES string of the molecule is Nc1cc(-c2ccc3c(c2)CC(=O)N3)on1. The van der Waals surface area contributed by atoms with E-state index in [0.717, 1.165) is 16.8 Å². The lowest BCUT2D eigenvalue weighted by molar-refractivity contribution is -0.115. The number of nitrogens with one attached hydrogen (secondary N) is 1. The molecule has 0 unspecified atom stereocenters. The van der Waals surface area contributed by atoms with Crippen molar-refractivity contribution in [3.63, 3.8) is 0 Å². The van der Waals surface area contributed by atoms with Crippen molar-refractivity contribution >= 4 is 17.4 Å². The molecule has 0 atom stereocenters. The standard InChI is InChI=1S/C11H9N3O2/c12-10-5-9(16-14-10)6-1-2-8-7(3-6)4-11(15)13-8/h1-3,5H,4H2,(H2,12,14)(H,13,15). The van der Waals surface area contributed by atoms with Crippen LogP contribution in [0.1, 0.15) is 5.56 Å². The van der Waals surface area contributed by atoms with E-state index in [9.17, 15) is 4.79 Å². The maximum Gasteiger partial charge on any atom is 0.228 e. The van der Waals surface area contributed by atoms with Crippen LogP contribution in [-0.2, 0) is 11.2 Å². The third-order valence-electron chi connectivity index (χ3n) is 2.54. The van der Waals surface area contributed by atoms with Crippen molar-refractivity contribution in [2.24, 2.45) is 0 Å². The summed E-state index contributed by atoms with van der Waals surface area (Å²) in [5.74, 6) is 0.980. The Bertz CT molecular complexity index is 574. The van der Waals surface area contributed by atoms with Crippen molar-refractivity contribution in [1.29, 1.82) is 0 Å². The van der Waals surface area contributed by atoms with E-state index in [4.69, 9.17) is 10.3 Å². The van der Waals surface area contributed by atoms with Gasteiger partial charge in [-0.1, -0.05) is 5.16 Å². The summed E-state index contributed by atoms with van der Waals surface area (Å²) in [5, 5.41) is 6.39. The van der Waals surface area contributed by atoms with Crippen molar-refractivity contribution in [3.05, 3.63) is 29.8 Å². The Hall–Kier alpha value is -2.30. The van der Waals surface area contributed by atoms with Crippen LogP contribution in [0.4, 0.5) is 11.5 Å². The van der Waals surface area contributed by atoms with E-state index >= 15 is 0 Å². The van der Waals surface area contributed by atoms with Crippen LogP contribution in [0.3, 0.4) is 0 Å². The van der Waals surface area contributed by atoms with Gasteiger partial charge in [-0.3, -0.25) is 4.79 Å². The molecule has 5 nitrogen and oxygen atoms in total. The number of carbonyl (C=O) groups is 1. The molecular weight excluding hydrogens is 206 g/mol. The maximum absolute atomic E-state index is 11.2. The highest BCUT2D eigenvalue weighted by atomic mass is 16.5. The van der Waals surface area contributed by atoms with Crippen LogP contribution in [0, 0.1) is 0 Å². The lowest BCUT2D eigenvalue weighted by Crippen LogP contribution is -2.03. The molecule has 0 spiro atoms. The molecule has 2 heterocycles. The number of fused-ring (bicyclic) bond motifs is 1. The molecule has 16 heavy (non-hydrogen) atoms. The number of nitrogen functional groups attached to an aromatic ring is 1. The molecule has 3 N–H and O–H groups in total. The van der Waals surface area contributed by atoms with Gasteiger partial charge in [0.25, 0.3) is 0 Å². The topological polar surface area (TPSA) is 81.2 Å². The zero-order valence-corrected chi connectivity index (χ0v) is 8.36. The molecule has 2 aromatic rings. The number of anilines is 2. The van der Waals surface area contributed by atoms with Crippen LogP contribution in [0.25, 0.3) is 11.3 Å². The molecule has 0 bridgehead atoms. The number of aromatic nitrogens is 1. The molecule has 0 saturated carbocycles. The number of nitrogens with zero attached hydrogens (tertiary/aromatic N) is 1. The van der Waals surface area contributed by atoms with Gasteiger partial charge in [0.2, 0.25) is 5.91 Å². The van der Waals surface area contributed by atoms with E-state index in [2.05, 4.69) is 10.5 Å². The Morgan fingerprint density at radius 1 is 1.38 bits per heavy atom. The second kappa shape index (κ2) is 3.10. The van der Waals surface area contributed by atoms with E-state index in [1.54, 1.807) is 6.07 Å². The quantitative estimate of drug-likeness (QED) is 0.753. The highest BCUT2D eigenvalue weighted by molar-refractivity contribution is 5.99. The molecule has 1 amide bonds. The van der Waals surface area contributed by atoms with Crippen LogP contribution in [-0.4, -0.2) is 11.1 Å². The van der Waals surface area contributed by atoms with E-state index in [-0.39, 0.29) is 5.91 Å². The Balaban J connectivity index is 2.05.